The molecule has 0 radical (unpaired) electrons. The summed E-state index contributed by atoms with van der Waals surface area (Å²) in [5.74, 6) is 0.665. The molecule has 0 bridgehead atoms. The number of nitrogens with zero attached hydrogens (tertiary/aromatic N) is 3. The molecule has 4 aromatic rings. The van der Waals surface area contributed by atoms with E-state index in [4.69, 9.17) is 0 Å². The van der Waals surface area contributed by atoms with E-state index in [2.05, 4.69) is 31.2 Å². The molecule has 0 aliphatic carbocycles. The van der Waals surface area contributed by atoms with Crippen LogP contribution >= 0.6 is 27.3 Å². The number of thiophene rings is 1. The average Bonchev–Trinajstić information content (AvgIpc) is 3.10. The summed E-state index contributed by atoms with van der Waals surface area (Å²) in [6, 6.07) is 12.6. The maximum absolute atomic E-state index is 11.1. The van der Waals surface area contributed by atoms with Gasteiger partial charge in [0.05, 0.1) is 10.3 Å². The number of rotatable bonds is 4. The molecule has 0 saturated heterocycles. The number of anilines is 2. The van der Waals surface area contributed by atoms with Gasteiger partial charge in [-0.05, 0) is 30.2 Å². The molecule has 134 valence electrons. The van der Waals surface area contributed by atoms with Gasteiger partial charge in [-0.2, -0.15) is 0 Å². The molecule has 1 N–H and O–H groups in total. The quantitative estimate of drug-likeness (QED) is 0.307. The molecule has 0 atom stereocenters. The highest BCUT2D eigenvalue weighted by Crippen LogP contribution is 2.38. The van der Waals surface area contributed by atoms with Gasteiger partial charge < -0.3 is 5.32 Å². The Hall–Kier alpha value is -2.84. The molecule has 2 aromatic heterocycles. The molecule has 4 rings (SSSR count). The molecule has 2 heterocycles. The van der Waals surface area contributed by atoms with Gasteiger partial charge in [0.25, 0.3) is 5.69 Å². The van der Waals surface area contributed by atoms with Crippen molar-refractivity contribution in [3.8, 4) is 11.1 Å². The fraction of sp³-hybridized carbons (Fsp3) is 0.0526. The monoisotopic (exact) mass is 440 g/mol. The molecule has 0 fully saturated rings. The van der Waals surface area contributed by atoms with Crippen molar-refractivity contribution in [1.82, 2.24) is 9.97 Å². The first-order chi connectivity index (χ1) is 13.0. The van der Waals surface area contributed by atoms with E-state index in [-0.39, 0.29) is 5.69 Å². The van der Waals surface area contributed by atoms with Crippen molar-refractivity contribution in [2.45, 2.75) is 6.92 Å². The Morgan fingerprint density at radius 1 is 1.19 bits per heavy atom. The van der Waals surface area contributed by atoms with Crippen molar-refractivity contribution in [3.05, 3.63) is 74.3 Å². The lowest BCUT2D eigenvalue weighted by atomic mass is 10.1. The number of non-ortho nitro benzene ring substituents is 1. The normalized spacial score (nSPS) is 10.9. The number of nitro benzene ring substituents is 1. The van der Waals surface area contributed by atoms with Crippen LogP contribution < -0.4 is 5.32 Å². The van der Waals surface area contributed by atoms with Crippen molar-refractivity contribution >= 4 is 54.7 Å². The van der Waals surface area contributed by atoms with Gasteiger partial charge in [-0.1, -0.05) is 34.1 Å². The highest BCUT2D eigenvalue weighted by atomic mass is 79.9. The van der Waals surface area contributed by atoms with E-state index in [1.807, 2.05) is 36.6 Å². The molecule has 0 aliphatic heterocycles. The summed E-state index contributed by atoms with van der Waals surface area (Å²) in [4.78, 5) is 20.3. The van der Waals surface area contributed by atoms with Crippen molar-refractivity contribution in [2.24, 2.45) is 0 Å². The van der Waals surface area contributed by atoms with Crippen molar-refractivity contribution in [3.63, 3.8) is 0 Å². The minimum absolute atomic E-state index is 0.0562. The van der Waals surface area contributed by atoms with E-state index >= 15 is 0 Å². The van der Waals surface area contributed by atoms with E-state index in [9.17, 15) is 10.1 Å². The smallest absolute Gasteiger partial charge is 0.270 e. The largest absolute Gasteiger partial charge is 0.340 e. The third-order valence-corrected chi connectivity index (χ3v) is 5.91. The van der Waals surface area contributed by atoms with Crippen molar-refractivity contribution < 1.29 is 4.92 Å². The Morgan fingerprint density at radius 2 is 2.04 bits per heavy atom. The maximum atomic E-state index is 11.1. The number of fused-ring (bicyclic) bond motifs is 1. The van der Waals surface area contributed by atoms with Crippen molar-refractivity contribution in [1.29, 1.82) is 0 Å². The molecule has 0 amide bonds. The molecule has 27 heavy (non-hydrogen) atoms. The Kier molecular flexibility index (Phi) is 4.59. The van der Waals surface area contributed by atoms with Crippen LogP contribution in [-0.2, 0) is 0 Å². The molecule has 2 aromatic carbocycles. The third-order valence-electron chi connectivity index (χ3n) is 4.17. The number of hydrogen-bond donors (Lipinski definition) is 1. The Bertz CT molecular complexity index is 1180. The first-order valence-electron chi connectivity index (χ1n) is 8.03. The van der Waals surface area contributed by atoms with E-state index in [1.165, 1.54) is 23.7 Å². The van der Waals surface area contributed by atoms with Crippen molar-refractivity contribution in [2.75, 3.05) is 5.32 Å². The maximum Gasteiger partial charge on any atom is 0.270 e. The minimum atomic E-state index is -0.391. The highest BCUT2D eigenvalue weighted by Gasteiger charge is 2.15. The summed E-state index contributed by atoms with van der Waals surface area (Å²) in [5, 5.41) is 17.3. The Morgan fingerprint density at radius 3 is 2.81 bits per heavy atom. The van der Waals surface area contributed by atoms with Crippen LogP contribution in [0, 0.1) is 17.0 Å². The van der Waals surface area contributed by atoms with Gasteiger partial charge in [-0.15, -0.1) is 11.3 Å². The zero-order chi connectivity index (χ0) is 19.0. The van der Waals surface area contributed by atoms with Crippen LogP contribution in [0.2, 0.25) is 0 Å². The fourth-order valence-electron chi connectivity index (χ4n) is 2.78. The second-order valence-electron chi connectivity index (χ2n) is 5.95. The lowest BCUT2D eigenvalue weighted by Gasteiger charge is -2.10. The standard InChI is InChI=1S/C19H13BrN4O2S/c1-11-5-6-13(8-16(11)20)23-18-17-15(9-27-19(17)22-10-21-18)12-3-2-4-14(7-12)24(25)26/h2-10H,1H3,(H,21,22,23). The first-order valence-corrected chi connectivity index (χ1v) is 9.70. The molecule has 0 aliphatic rings. The van der Waals surface area contributed by atoms with Gasteiger partial charge in [0.1, 0.15) is 17.0 Å². The predicted octanol–water partition coefficient (Wildman–Crippen LogP) is 6.08. The molecule has 0 spiro atoms. The molecule has 0 saturated carbocycles. The zero-order valence-electron chi connectivity index (χ0n) is 14.1. The molecular formula is C19H13BrN4O2S. The van der Waals surface area contributed by atoms with Crippen LogP contribution in [0.1, 0.15) is 5.56 Å². The number of nitro groups is 1. The van der Waals surface area contributed by atoms with Crippen LogP contribution in [-0.4, -0.2) is 14.9 Å². The van der Waals surface area contributed by atoms with Gasteiger partial charge >= 0.3 is 0 Å². The lowest BCUT2D eigenvalue weighted by Crippen LogP contribution is -1.96. The van der Waals surface area contributed by atoms with E-state index in [0.29, 0.717) is 5.82 Å². The second kappa shape index (κ2) is 7.05. The van der Waals surface area contributed by atoms with Crippen LogP contribution in [0.5, 0.6) is 0 Å². The van der Waals surface area contributed by atoms with E-state index in [0.717, 1.165) is 37.1 Å². The number of benzene rings is 2. The summed E-state index contributed by atoms with van der Waals surface area (Å²) in [6.45, 7) is 2.02. The van der Waals surface area contributed by atoms with E-state index in [1.54, 1.807) is 12.1 Å². The number of aryl methyl sites for hydroxylation is 1. The van der Waals surface area contributed by atoms with Crippen LogP contribution in [0.25, 0.3) is 21.3 Å². The zero-order valence-corrected chi connectivity index (χ0v) is 16.5. The summed E-state index contributed by atoms with van der Waals surface area (Å²) >= 11 is 5.02. The molecule has 8 heteroatoms. The number of aromatic nitrogens is 2. The minimum Gasteiger partial charge on any atom is -0.340 e. The number of halogens is 1. The molecule has 6 nitrogen and oxygen atoms in total. The van der Waals surface area contributed by atoms with Crippen LogP contribution in [0.3, 0.4) is 0 Å². The Labute approximate surface area is 167 Å². The summed E-state index contributed by atoms with van der Waals surface area (Å²) in [7, 11) is 0. The van der Waals surface area contributed by atoms with Crippen LogP contribution in [0.4, 0.5) is 17.2 Å². The predicted molar refractivity (Wildman–Crippen MR) is 112 cm³/mol. The number of nitrogens with one attached hydrogen (secondary N) is 1. The molecule has 0 unspecified atom stereocenters. The second-order valence-corrected chi connectivity index (χ2v) is 7.66. The third kappa shape index (κ3) is 3.41. The highest BCUT2D eigenvalue weighted by molar-refractivity contribution is 9.10. The lowest BCUT2D eigenvalue weighted by molar-refractivity contribution is -0.384. The summed E-state index contributed by atoms with van der Waals surface area (Å²) < 4.78 is 1.00. The Balaban J connectivity index is 1.83. The topological polar surface area (TPSA) is 81.0 Å². The summed E-state index contributed by atoms with van der Waals surface area (Å²) in [5.41, 5.74) is 3.72. The van der Waals surface area contributed by atoms with Crippen LogP contribution in [0.15, 0.2) is 58.6 Å². The van der Waals surface area contributed by atoms with Gasteiger partial charge in [-0.25, -0.2) is 9.97 Å². The average molecular weight is 441 g/mol. The first kappa shape index (κ1) is 17.6. The summed E-state index contributed by atoms with van der Waals surface area (Å²) in [6.07, 6.45) is 1.52. The van der Waals surface area contributed by atoms with Gasteiger partial charge in [0, 0.05) is 33.2 Å². The molecular weight excluding hydrogens is 428 g/mol. The van der Waals surface area contributed by atoms with Gasteiger partial charge in [0.2, 0.25) is 0 Å². The van der Waals surface area contributed by atoms with Gasteiger partial charge in [0.15, 0.2) is 0 Å². The fourth-order valence-corrected chi connectivity index (χ4v) is 4.07. The SMILES string of the molecule is Cc1ccc(Nc2ncnc3scc(-c4cccc([N+](=O)[O-])c4)c23)cc1Br. The van der Waals surface area contributed by atoms with Gasteiger partial charge in [-0.3, -0.25) is 10.1 Å². The van der Waals surface area contributed by atoms with E-state index < -0.39 is 4.92 Å². The number of hydrogen-bond acceptors (Lipinski definition) is 6.